The van der Waals surface area contributed by atoms with Crippen LogP contribution in [-0.2, 0) is 6.54 Å². The molecular formula is C21H21N5O7. The van der Waals surface area contributed by atoms with Gasteiger partial charge in [0.2, 0.25) is 5.88 Å². The first-order valence-corrected chi connectivity index (χ1v) is 10.1. The van der Waals surface area contributed by atoms with Crippen LogP contribution in [0.5, 0.6) is 11.6 Å². The maximum Gasteiger partial charge on any atom is 0.295 e. The number of nitro benzene ring substituents is 2. The van der Waals surface area contributed by atoms with E-state index in [2.05, 4.69) is 17.2 Å². The maximum atomic E-state index is 12.5. The fraction of sp³-hybridized carbons (Fsp3) is 0.286. The van der Waals surface area contributed by atoms with Crippen molar-refractivity contribution in [1.29, 1.82) is 0 Å². The number of hydrogen-bond donors (Lipinski definition) is 1. The number of azo groups is 1. The molecule has 0 bridgehead atoms. The third kappa shape index (κ3) is 4.95. The lowest BCUT2D eigenvalue weighted by Gasteiger charge is -2.06. The molecule has 1 N–H and O–H groups in total. The molecular weight excluding hydrogens is 434 g/mol. The number of carbonyl (C=O) groups excluding carboxylic acids is 1. The molecule has 12 heteroatoms. The Hall–Kier alpha value is -4.35. The number of aromatic nitrogens is 1. The molecule has 0 saturated heterocycles. The van der Waals surface area contributed by atoms with Crippen LogP contribution in [0, 0.1) is 20.2 Å². The van der Waals surface area contributed by atoms with Gasteiger partial charge in [-0.2, -0.15) is 0 Å². The largest absolute Gasteiger partial charge is 0.497 e. The Morgan fingerprint density at radius 2 is 1.76 bits per heavy atom. The van der Waals surface area contributed by atoms with E-state index in [0.717, 1.165) is 37.5 Å². The Kier molecular flexibility index (Phi) is 6.96. The average molecular weight is 455 g/mol. The van der Waals surface area contributed by atoms with Crippen molar-refractivity contribution < 1.29 is 24.5 Å². The van der Waals surface area contributed by atoms with Gasteiger partial charge in [0.1, 0.15) is 5.75 Å². The highest BCUT2D eigenvalue weighted by molar-refractivity contribution is 5.98. The molecule has 0 fully saturated rings. The topological polar surface area (TPSA) is 162 Å². The van der Waals surface area contributed by atoms with Crippen molar-refractivity contribution >= 4 is 33.9 Å². The van der Waals surface area contributed by atoms with Crippen LogP contribution in [0.25, 0.3) is 10.9 Å². The number of amides is 1. The molecule has 2 aromatic carbocycles. The van der Waals surface area contributed by atoms with Gasteiger partial charge in [-0.15, -0.1) is 10.2 Å². The van der Waals surface area contributed by atoms with Gasteiger partial charge in [-0.1, -0.05) is 19.8 Å². The molecule has 0 aliphatic carbocycles. The first kappa shape index (κ1) is 23.3. The zero-order valence-corrected chi connectivity index (χ0v) is 17.9. The van der Waals surface area contributed by atoms with E-state index in [1.54, 1.807) is 22.8 Å². The van der Waals surface area contributed by atoms with Crippen molar-refractivity contribution in [2.24, 2.45) is 10.2 Å². The summed E-state index contributed by atoms with van der Waals surface area (Å²) in [6.45, 7) is 2.57. The van der Waals surface area contributed by atoms with E-state index >= 15 is 0 Å². The number of methoxy groups -OCH3 is 1. The van der Waals surface area contributed by atoms with E-state index in [0.29, 0.717) is 23.2 Å². The van der Waals surface area contributed by atoms with Crippen molar-refractivity contribution in [3.8, 4) is 11.6 Å². The molecule has 1 amide bonds. The molecule has 0 saturated carbocycles. The van der Waals surface area contributed by atoms with E-state index < -0.39 is 27.1 Å². The summed E-state index contributed by atoms with van der Waals surface area (Å²) in [6, 6.07) is 7.63. The van der Waals surface area contributed by atoms with E-state index in [4.69, 9.17) is 4.74 Å². The van der Waals surface area contributed by atoms with Crippen molar-refractivity contribution in [2.45, 2.75) is 32.7 Å². The quantitative estimate of drug-likeness (QED) is 0.198. The number of ether oxygens (including phenoxy) is 1. The lowest BCUT2D eigenvalue weighted by atomic mass is 10.1. The Morgan fingerprint density at radius 1 is 1.09 bits per heavy atom. The minimum atomic E-state index is -1.03. The highest BCUT2D eigenvalue weighted by Crippen LogP contribution is 2.41. The van der Waals surface area contributed by atoms with Gasteiger partial charge in [0.15, 0.2) is 5.69 Å². The lowest BCUT2D eigenvalue weighted by Crippen LogP contribution is -1.99. The molecule has 0 atom stereocenters. The van der Waals surface area contributed by atoms with Crippen LogP contribution in [-0.4, -0.2) is 32.5 Å². The third-order valence-corrected chi connectivity index (χ3v) is 5.01. The summed E-state index contributed by atoms with van der Waals surface area (Å²) in [6.07, 6.45) is 2.76. The molecule has 172 valence electrons. The summed E-state index contributed by atoms with van der Waals surface area (Å²) >= 11 is 0. The van der Waals surface area contributed by atoms with E-state index in [1.807, 2.05) is 0 Å². The number of nitrogens with zero attached hydrogens (tertiary/aromatic N) is 5. The van der Waals surface area contributed by atoms with E-state index in [1.165, 1.54) is 7.11 Å². The summed E-state index contributed by atoms with van der Waals surface area (Å²) < 4.78 is 6.89. The smallest absolute Gasteiger partial charge is 0.295 e. The number of fused-ring (bicyclic) bond motifs is 1. The lowest BCUT2D eigenvalue weighted by molar-refractivity contribution is -0.394. The second-order valence-electron chi connectivity index (χ2n) is 7.17. The van der Waals surface area contributed by atoms with Crippen LogP contribution in [0.3, 0.4) is 0 Å². The van der Waals surface area contributed by atoms with Crippen LogP contribution in [0.2, 0.25) is 0 Å². The molecule has 12 nitrogen and oxygen atoms in total. The number of aromatic hydroxyl groups is 1. The summed E-state index contributed by atoms with van der Waals surface area (Å²) in [4.78, 5) is 33.0. The Bertz CT molecular complexity index is 1230. The summed E-state index contributed by atoms with van der Waals surface area (Å²) in [5.74, 6) is -0.725. The van der Waals surface area contributed by atoms with Crippen molar-refractivity contribution in [2.75, 3.05) is 7.11 Å². The van der Waals surface area contributed by atoms with E-state index in [-0.39, 0.29) is 17.1 Å². The molecule has 1 aromatic heterocycles. The number of unbranched alkanes of at least 4 members (excludes halogenated alkanes) is 2. The first-order valence-electron chi connectivity index (χ1n) is 10.1. The SMILES string of the molecule is CCCCCn1c(O)c(N=NC(=O)c2cc([N+](=O)[O-])cc([N+](=O)[O-])c2)c2cc(OC)ccc21. The van der Waals surface area contributed by atoms with Crippen LogP contribution >= 0.6 is 0 Å². The predicted octanol–water partition coefficient (Wildman–Crippen LogP) is 5.29. The zero-order chi connectivity index (χ0) is 24.1. The number of nitro groups is 2. The molecule has 3 rings (SSSR count). The second-order valence-corrected chi connectivity index (χ2v) is 7.17. The van der Waals surface area contributed by atoms with Gasteiger partial charge in [0.05, 0.1) is 34.1 Å². The summed E-state index contributed by atoms with van der Waals surface area (Å²) in [5.41, 5.74) is -0.931. The number of hydrogen-bond acceptors (Lipinski definition) is 8. The number of non-ortho nitro benzene ring substituents is 2. The van der Waals surface area contributed by atoms with Crippen LogP contribution in [0.4, 0.5) is 17.1 Å². The van der Waals surface area contributed by atoms with Gasteiger partial charge >= 0.3 is 0 Å². The van der Waals surface area contributed by atoms with Crippen molar-refractivity contribution in [1.82, 2.24) is 4.57 Å². The van der Waals surface area contributed by atoms with Gasteiger partial charge in [-0.3, -0.25) is 25.0 Å². The van der Waals surface area contributed by atoms with Gasteiger partial charge in [0.25, 0.3) is 17.3 Å². The maximum absolute atomic E-state index is 12.5. The van der Waals surface area contributed by atoms with Gasteiger partial charge < -0.3 is 14.4 Å². The van der Waals surface area contributed by atoms with Crippen molar-refractivity contribution in [3.05, 3.63) is 62.2 Å². The van der Waals surface area contributed by atoms with Crippen LogP contribution in [0.15, 0.2) is 46.6 Å². The fourth-order valence-electron chi connectivity index (χ4n) is 3.36. The van der Waals surface area contributed by atoms with Crippen LogP contribution in [0.1, 0.15) is 36.5 Å². The minimum absolute atomic E-state index is 0.0219. The molecule has 33 heavy (non-hydrogen) atoms. The Labute approximate surface area is 187 Å². The molecule has 0 radical (unpaired) electrons. The monoisotopic (exact) mass is 455 g/mol. The standard InChI is InChI=1S/C21H21N5O7/c1-3-4-5-8-24-18-7-6-16(33-2)12-17(18)19(21(24)28)22-23-20(27)13-9-14(25(29)30)11-15(10-13)26(31)32/h6-7,9-12,28H,3-5,8H2,1-2H3. The summed E-state index contributed by atoms with van der Waals surface area (Å²) in [7, 11) is 1.49. The number of carbonyl (C=O) groups is 1. The van der Waals surface area contributed by atoms with Gasteiger partial charge in [-0.25, -0.2) is 0 Å². The molecule has 3 aromatic rings. The molecule has 0 unspecified atom stereocenters. The highest BCUT2D eigenvalue weighted by atomic mass is 16.6. The fourth-order valence-corrected chi connectivity index (χ4v) is 3.36. The molecule has 0 spiro atoms. The zero-order valence-electron chi connectivity index (χ0n) is 17.9. The Morgan fingerprint density at radius 3 is 2.33 bits per heavy atom. The number of benzene rings is 2. The molecule has 0 aliphatic heterocycles. The molecule has 0 aliphatic rings. The van der Waals surface area contributed by atoms with Crippen LogP contribution < -0.4 is 4.74 Å². The van der Waals surface area contributed by atoms with Gasteiger partial charge in [-0.05, 0) is 24.6 Å². The first-order chi connectivity index (χ1) is 15.8. The minimum Gasteiger partial charge on any atom is -0.497 e. The van der Waals surface area contributed by atoms with Gasteiger partial charge in [0, 0.05) is 24.1 Å². The van der Waals surface area contributed by atoms with E-state index in [9.17, 15) is 30.1 Å². The number of rotatable bonds is 9. The highest BCUT2D eigenvalue weighted by Gasteiger charge is 2.21. The predicted molar refractivity (Wildman–Crippen MR) is 118 cm³/mol. The second kappa shape index (κ2) is 9.85. The number of aryl methyl sites for hydroxylation is 1. The third-order valence-electron chi connectivity index (χ3n) is 5.01. The average Bonchev–Trinajstić information content (AvgIpc) is 3.07. The Balaban J connectivity index is 2.04. The summed E-state index contributed by atoms with van der Waals surface area (Å²) in [5, 5.41) is 40.8. The van der Waals surface area contributed by atoms with Crippen molar-refractivity contribution in [3.63, 3.8) is 0 Å². The normalized spacial score (nSPS) is 11.2. The molecule has 1 heterocycles.